The number of benzene rings is 2. The Bertz CT molecular complexity index is 926. The van der Waals surface area contributed by atoms with Crippen molar-refractivity contribution in [2.75, 3.05) is 25.2 Å². The fourth-order valence-electron chi connectivity index (χ4n) is 2.48. The maximum atomic E-state index is 12.9. The highest BCUT2D eigenvalue weighted by Gasteiger charge is 2.21. The summed E-state index contributed by atoms with van der Waals surface area (Å²) >= 11 is 1.34. The van der Waals surface area contributed by atoms with Crippen LogP contribution in [0, 0.1) is 10.1 Å². The number of anilines is 1. The van der Waals surface area contributed by atoms with Gasteiger partial charge in [0.25, 0.3) is 11.6 Å². The standard InChI is InChI=1S/C19H17N3O4S/c1-26-12-11-21(18(23)15-5-3-2-4-6-15)19-20-17(13-27-19)14-7-9-16(10-8-14)22(24)25/h2-10,13H,11-12H2,1H3. The minimum atomic E-state index is -0.443. The van der Waals surface area contributed by atoms with Crippen LogP contribution >= 0.6 is 11.3 Å². The van der Waals surface area contributed by atoms with Crippen LogP contribution in [0.2, 0.25) is 0 Å². The number of nitrogens with zero attached hydrogens (tertiary/aromatic N) is 3. The lowest BCUT2D eigenvalue weighted by atomic mass is 10.1. The molecule has 0 atom stereocenters. The second-order valence-electron chi connectivity index (χ2n) is 5.63. The maximum absolute atomic E-state index is 12.9. The van der Waals surface area contributed by atoms with E-state index in [9.17, 15) is 14.9 Å². The number of thiazole rings is 1. The number of methoxy groups -OCH3 is 1. The van der Waals surface area contributed by atoms with Crippen LogP contribution in [0.4, 0.5) is 10.8 Å². The number of hydrogen-bond acceptors (Lipinski definition) is 6. The molecule has 8 heteroatoms. The second kappa shape index (κ2) is 8.52. The van der Waals surface area contributed by atoms with E-state index >= 15 is 0 Å². The molecule has 3 aromatic rings. The van der Waals surface area contributed by atoms with Crippen molar-refractivity contribution in [2.24, 2.45) is 0 Å². The predicted octanol–water partition coefficient (Wildman–Crippen LogP) is 4.01. The van der Waals surface area contributed by atoms with Gasteiger partial charge in [-0.15, -0.1) is 11.3 Å². The zero-order chi connectivity index (χ0) is 19.2. The summed E-state index contributed by atoms with van der Waals surface area (Å²) in [6.07, 6.45) is 0. The molecule has 0 aliphatic rings. The van der Waals surface area contributed by atoms with Gasteiger partial charge in [-0.2, -0.15) is 0 Å². The zero-order valence-corrected chi connectivity index (χ0v) is 15.4. The maximum Gasteiger partial charge on any atom is 0.269 e. The highest BCUT2D eigenvalue weighted by atomic mass is 32.1. The number of carbonyl (C=O) groups is 1. The average molecular weight is 383 g/mol. The molecule has 0 spiro atoms. The Morgan fingerprint density at radius 2 is 1.89 bits per heavy atom. The molecular weight excluding hydrogens is 366 g/mol. The van der Waals surface area contributed by atoms with Gasteiger partial charge >= 0.3 is 0 Å². The van der Waals surface area contributed by atoms with Crippen molar-refractivity contribution in [3.8, 4) is 11.3 Å². The van der Waals surface area contributed by atoms with E-state index < -0.39 is 4.92 Å². The van der Waals surface area contributed by atoms with Crippen LogP contribution in [0.1, 0.15) is 10.4 Å². The van der Waals surface area contributed by atoms with E-state index in [4.69, 9.17) is 4.74 Å². The van der Waals surface area contributed by atoms with E-state index in [0.29, 0.717) is 29.5 Å². The number of hydrogen-bond donors (Lipinski definition) is 0. The molecule has 0 bridgehead atoms. The Morgan fingerprint density at radius 1 is 1.19 bits per heavy atom. The van der Waals surface area contributed by atoms with E-state index in [1.54, 1.807) is 36.3 Å². The fourth-order valence-corrected chi connectivity index (χ4v) is 3.34. The Kier molecular flexibility index (Phi) is 5.90. The van der Waals surface area contributed by atoms with Gasteiger partial charge in [0.05, 0.1) is 23.8 Å². The molecule has 7 nitrogen and oxygen atoms in total. The third-order valence-corrected chi connectivity index (χ3v) is 4.75. The molecular formula is C19H17N3O4S. The summed E-state index contributed by atoms with van der Waals surface area (Å²) in [7, 11) is 1.58. The van der Waals surface area contributed by atoms with Gasteiger partial charge in [-0.25, -0.2) is 4.98 Å². The van der Waals surface area contributed by atoms with E-state index in [1.807, 2.05) is 23.6 Å². The number of amides is 1. The Morgan fingerprint density at radius 3 is 2.52 bits per heavy atom. The van der Waals surface area contributed by atoms with Crippen LogP contribution in [0.5, 0.6) is 0 Å². The van der Waals surface area contributed by atoms with Gasteiger partial charge in [0.2, 0.25) is 0 Å². The molecule has 1 amide bonds. The molecule has 138 valence electrons. The summed E-state index contributed by atoms with van der Waals surface area (Å²) in [4.78, 5) is 29.4. The Labute approximate surface area is 160 Å². The van der Waals surface area contributed by atoms with Gasteiger partial charge in [0.15, 0.2) is 5.13 Å². The quantitative estimate of drug-likeness (QED) is 0.454. The minimum Gasteiger partial charge on any atom is -0.383 e. The molecule has 1 heterocycles. The summed E-state index contributed by atoms with van der Waals surface area (Å²) < 4.78 is 5.13. The first-order chi connectivity index (χ1) is 13.1. The van der Waals surface area contributed by atoms with Crippen molar-refractivity contribution in [1.82, 2.24) is 4.98 Å². The monoisotopic (exact) mass is 383 g/mol. The average Bonchev–Trinajstić information content (AvgIpc) is 3.19. The van der Waals surface area contributed by atoms with Crippen molar-refractivity contribution < 1.29 is 14.5 Å². The van der Waals surface area contributed by atoms with E-state index in [1.165, 1.54) is 23.5 Å². The molecule has 27 heavy (non-hydrogen) atoms. The number of aromatic nitrogens is 1. The van der Waals surface area contributed by atoms with E-state index in [0.717, 1.165) is 5.56 Å². The summed E-state index contributed by atoms with van der Waals surface area (Å²) in [6.45, 7) is 0.752. The molecule has 0 N–H and O–H groups in total. The van der Waals surface area contributed by atoms with Crippen molar-refractivity contribution >= 4 is 28.1 Å². The normalized spacial score (nSPS) is 10.6. The van der Waals surface area contributed by atoms with E-state index in [2.05, 4.69) is 4.98 Å². The summed E-state index contributed by atoms with van der Waals surface area (Å²) in [6, 6.07) is 15.2. The largest absolute Gasteiger partial charge is 0.383 e. The van der Waals surface area contributed by atoms with Crippen LogP contribution in [0.15, 0.2) is 60.0 Å². The first-order valence-electron chi connectivity index (χ1n) is 8.16. The predicted molar refractivity (Wildman–Crippen MR) is 104 cm³/mol. The van der Waals surface area contributed by atoms with Crippen LogP contribution in [-0.4, -0.2) is 36.1 Å². The van der Waals surface area contributed by atoms with Crippen molar-refractivity contribution in [3.05, 3.63) is 75.7 Å². The van der Waals surface area contributed by atoms with Gasteiger partial charge in [-0.3, -0.25) is 19.8 Å². The van der Waals surface area contributed by atoms with Gasteiger partial charge in [0, 0.05) is 35.7 Å². The highest BCUT2D eigenvalue weighted by Crippen LogP contribution is 2.29. The lowest BCUT2D eigenvalue weighted by molar-refractivity contribution is -0.384. The second-order valence-corrected chi connectivity index (χ2v) is 6.47. The molecule has 0 radical (unpaired) electrons. The van der Waals surface area contributed by atoms with Crippen LogP contribution in [-0.2, 0) is 4.74 Å². The first kappa shape index (κ1) is 18.7. The molecule has 0 fully saturated rings. The number of nitro benzene ring substituents is 1. The number of ether oxygens (including phenoxy) is 1. The summed E-state index contributed by atoms with van der Waals surface area (Å²) in [5.41, 5.74) is 2.01. The van der Waals surface area contributed by atoms with Gasteiger partial charge in [-0.1, -0.05) is 18.2 Å². The lowest BCUT2D eigenvalue weighted by Gasteiger charge is -2.19. The topological polar surface area (TPSA) is 85.6 Å². The van der Waals surface area contributed by atoms with Crippen LogP contribution < -0.4 is 4.90 Å². The van der Waals surface area contributed by atoms with Crippen LogP contribution in [0.3, 0.4) is 0 Å². The number of non-ortho nitro benzene ring substituents is 1. The lowest BCUT2D eigenvalue weighted by Crippen LogP contribution is -2.33. The van der Waals surface area contributed by atoms with Gasteiger partial charge in [0.1, 0.15) is 0 Å². The molecule has 0 aliphatic heterocycles. The summed E-state index contributed by atoms with van der Waals surface area (Å²) in [5, 5.41) is 13.2. The molecule has 0 aliphatic carbocycles. The van der Waals surface area contributed by atoms with Crippen LogP contribution in [0.25, 0.3) is 11.3 Å². The number of carbonyl (C=O) groups excluding carboxylic acids is 1. The molecule has 0 unspecified atom stereocenters. The first-order valence-corrected chi connectivity index (χ1v) is 9.04. The molecule has 3 rings (SSSR count). The SMILES string of the molecule is COCCN(C(=O)c1ccccc1)c1nc(-c2ccc([N+](=O)[O-])cc2)cs1. The molecule has 1 aromatic heterocycles. The zero-order valence-electron chi connectivity index (χ0n) is 14.6. The minimum absolute atomic E-state index is 0.0233. The molecule has 0 saturated carbocycles. The van der Waals surface area contributed by atoms with Crippen molar-refractivity contribution in [2.45, 2.75) is 0 Å². The number of nitro groups is 1. The third-order valence-electron chi connectivity index (χ3n) is 3.88. The molecule has 0 saturated heterocycles. The smallest absolute Gasteiger partial charge is 0.269 e. The fraction of sp³-hybridized carbons (Fsp3) is 0.158. The van der Waals surface area contributed by atoms with Gasteiger partial charge in [-0.05, 0) is 24.3 Å². The molecule has 2 aromatic carbocycles. The van der Waals surface area contributed by atoms with Gasteiger partial charge < -0.3 is 4.74 Å². The summed E-state index contributed by atoms with van der Waals surface area (Å²) in [5.74, 6) is -0.155. The van der Waals surface area contributed by atoms with Crippen molar-refractivity contribution in [1.29, 1.82) is 0 Å². The van der Waals surface area contributed by atoms with E-state index in [-0.39, 0.29) is 11.6 Å². The highest BCUT2D eigenvalue weighted by molar-refractivity contribution is 7.14. The third kappa shape index (κ3) is 4.36. The van der Waals surface area contributed by atoms with Crippen molar-refractivity contribution in [3.63, 3.8) is 0 Å². The Balaban J connectivity index is 1.87. The number of rotatable bonds is 7. The Hall–Kier alpha value is -3.10.